The van der Waals surface area contributed by atoms with Crippen LogP contribution in [0.5, 0.6) is 0 Å². The number of nitriles is 1. The molecule has 1 atom stereocenters. The molecule has 0 saturated heterocycles. The van der Waals surface area contributed by atoms with Gasteiger partial charge < -0.3 is 5.73 Å². The Morgan fingerprint density at radius 2 is 1.96 bits per heavy atom. The van der Waals surface area contributed by atoms with Gasteiger partial charge in [-0.3, -0.25) is 9.80 Å². The van der Waals surface area contributed by atoms with Crippen LogP contribution in [0.25, 0.3) is 0 Å². The lowest BCUT2D eigenvalue weighted by molar-refractivity contribution is -0.116. The van der Waals surface area contributed by atoms with Gasteiger partial charge in [-0.25, -0.2) is 5.01 Å². The number of benzene rings is 1. The van der Waals surface area contributed by atoms with E-state index < -0.39 is 0 Å². The summed E-state index contributed by atoms with van der Waals surface area (Å²) in [7, 11) is 3.73. The second-order valence-electron chi connectivity index (χ2n) is 6.19. The zero-order valence-electron chi connectivity index (χ0n) is 13.7. The van der Waals surface area contributed by atoms with Gasteiger partial charge in [-0.05, 0) is 30.5 Å². The van der Waals surface area contributed by atoms with Crippen molar-refractivity contribution in [2.24, 2.45) is 5.73 Å². The highest BCUT2D eigenvalue weighted by molar-refractivity contribution is 9.10. The first-order chi connectivity index (χ1) is 11.5. The number of allylic oxidation sites excluding steroid dienone is 3. The third kappa shape index (κ3) is 2.64. The molecule has 1 aliphatic carbocycles. The zero-order valence-corrected chi connectivity index (χ0v) is 15.3. The maximum Gasteiger partial charge on any atom is 0.161 e. The molecule has 0 radical (unpaired) electrons. The van der Waals surface area contributed by atoms with Crippen LogP contribution in [0.15, 0.2) is 51.4 Å². The fraction of sp³-hybridized carbons (Fsp3) is 0.333. The first-order valence-corrected chi connectivity index (χ1v) is 8.63. The molecule has 0 aromatic heterocycles. The predicted molar refractivity (Wildman–Crippen MR) is 95.1 cm³/mol. The van der Waals surface area contributed by atoms with E-state index in [1.165, 1.54) is 0 Å². The van der Waals surface area contributed by atoms with Crippen LogP contribution in [-0.4, -0.2) is 29.9 Å². The minimum absolute atomic E-state index is 0.108. The molecule has 1 aromatic rings. The van der Waals surface area contributed by atoms with E-state index in [-0.39, 0.29) is 11.7 Å². The van der Waals surface area contributed by atoms with E-state index >= 15 is 0 Å². The van der Waals surface area contributed by atoms with Crippen LogP contribution in [0.2, 0.25) is 0 Å². The molecule has 0 spiro atoms. The standard InChI is InChI=1S/C18H19BrN4O/c1-22(2)23-14-4-3-5-15(24)17(14)16(13(10-20)18(23)21)11-6-8-12(19)9-7-11/h6-9,16H,3-5,21H2,1-2H3/t16-/m0/s1. The van der Waals surface area contributed by atoms with Crippen molar-refractivity contribution >= 4 is 21.7 Å². The molecule has 24 heavy (non-hydrogen) atoms. The van der Waals surface area contributed by atoms with Crippen LogP contribution < -0.4 is 5.73 Å². The molecule has 2 aliphatic rings. The summed E-state index contributed by atoms with van der Waals surface area (Å²) in [5.41, 5.74) is 9.31. The number of carbonyl (C=O) groups excluding carboxylic acids is 1. The van der Waals surface area contributed by atoms with Crippen molar-refractivity contribution in [2.45, 2.75) is 25.2 Å². The number of hydrogen-bond donors (Lipinski definition) is 1. The van der Waals surface area contributed by atoms with Crippen LogP contribution in [0.4, 0.5) is 0 Å². The van der Waals surface area contributed by atoms with Gasteiger partial charge in [0.05, 0.1) is 17.6 Å². The Labute approximate surface area is 150 Å². The number of hydrazine groups is 1. The van der Waals surface area contributed by atoms with Crippen molar-refractivity contribution in [3.63, 3.8) is 0 Å². The van der Waals surface area contributed by atoms with Crippen molar-refractivity contribution < 1.29 is 4.79 Å². The monoisotopic (exact) mass is 386 g/mol. The van der Waals surface area contributed by atoms with E-state index in [2.05, 4.69) is 22.0 Å². The average Bonchev–Trinajstić information content (AvgIpc) is 2.54. The summed E-state index contributed by atoms with van der Waals surface area (Å²) >= 11 is 3.43. The third-order valence-corrected chi connectivity index (χ3v) is 5.02. The molecule has 0 saturated carbocycles. The summed E-state index contributed by atoms with van der Waals surface area (Å²) in [5, 5.41) is 13.4. The smallest absolute Gasteiger partial charge is 0.161 e. The number of carbonyl (C=O) groups is 1. The van der Waals surface area contributed by atoms with Crippen LogP contribution in [0.3, 0.4) is 0 Å². The molecule has 3 rings (SSSR count). The van der Waals surface area contributed by atoms with Crippen LogP contribution in [0.1, 0.15) is 30.7 Å². The summed E-state index contributed by atoms with van der Waals surface area (Å²) in [6.45, 7) is 0. The third-order valence-electron chi connectivity index (χ3n) is 4.49. The zero-order chi connectivity index (χ0) is 17.4. The fourth-order valence-electron chi connectivity index (χ4n) is 3.51. The fourth-order valence-corrected chi connectivity index (χ4v) is 3.78. The number of rotatable bonds is 2. The van der Waals surface area contributed by atoms with Crippen LogP contribution in [-0.2, 0) is 4.79 Å². The molecule has 0 unspecified atom stereocenters. The molecular formula is C18H19BrN4O. The lowest BCUT2D eigenvalue weighted by Crippen LogP contribution is -2.45. The Morgan fingerprint density at radius 1 is 1.29 bits per heavy atom. The summed E-state index contributed by atoms with van der Waals surface area (Å²) in [5.74, 6) is 0.127. The Bertz CT molecular complexity index is 786. The van der Waals surface area contributed by atoms with E-state index in [0.29, 0.717) is 23.4 Å². The highest BCUT2D eigenvalue weighted by Gasteiger charge is 2.40. The summed E-state index contributed by atoms with van der Waals surface area (Å²) < 4.78 is 0.955. The van der Waals surface area contributed by atoms with Gasteiger partial charge in [-0.15, -0.1) is 0 Å². The normalized spacial score (nSPS) is 21.2. The molecule has 1 aliphatic heterocycles. The minimum atomic E-state index is -0.387. The van der Waals surface area contributed by atoms with E-state index in [9.17, 15) is 10.1 Å². The van der Waals surface area contributed by atoms with E-state index in [1.807, 2.05) is 43.4 Å². The number of nitrogens with zero attached hydrogens (tertiary/aromatic N) is 3. The number of Topliss-reactive ketones (excluding diaryl/α,β-unsaturated/α-hetero) is 1. The maximum absolute atomic E-state index is 12.7. The molecule has 1 heterocycles. The highest BCUT2D eigenvalue weighted by Crippen LogP contribution is 2.44. The first kappa shape index (κ1) is 16.7. The topological polar surface area (TPSA) is 73.4 Å². The van der Waals surface area contributed by atoms with Gasteiger partial charge in [0.2, 0.25) is 0 Å². The van der Waals surface area contributed by atoms with Gasteiger partial charge in [0, 0.05) is 36.3 Å². The largest absolute Gasteiger partial charge is 0.383 e. The van der Waals surface area contributed by atoms with Gasteiger partial charge >= 0.3 is 0 Å². The van der Waals surface area contributed by atoms with E-state index in [4.69, 9.17) is 5.73 Å². The molecule has 0 bridgehead atoms. The molecular weight excluding hydrogens is 368 g/mol. The Balaban J connectivity index is 2.25. The van der Waals surface area contributed by atoms with Crippen molar-refractivity contribution in [1.29, 1.82) is 5.26 Å². The minimum Gasteiger partial charge on any atom is -0.383 e. The summed E-state index contributed by atoms with van der Waals surface area (Å²) in [6, 6.07) is 9.97. The molecule has 2 N–H and O–H groups in total. The summed E-state index contributed by atoms with van der Waals surface area (Å²) in [6.07, 6.45) is 2.11. The van der Waals surface area contributed by atoms with Gasteiger partial charge in [-0.2, -0.15) is 5.26 Å². The molecule has 5 nitrogen and oxygen atoms in total. The molecule has 0 amide bonds. The summed E-state index contributed by atoms with van der Waals surface area (Å²) in [4.78, 5) is 12.7. The van der Waals surface area contributed by atoms with E-state index in [0.717, 1.165) is 28.6 Å². The van der Waals surface area contributed by atoms with Crippen LogP contribution >= 0.6 is 15.9 Å². The van der Waals surface area contributed by atoms with Gasteiger partial charge in [0.15, 0.2) is 5.78 Å². The van der Waals surface area contributed by atoms with Gasteiger partial charge in [0.25, 0.3) is 0 Å². The molecule has 1 aromatic carbocycles. The van der Waals surface area contributed by atoms with Crippen molar-refractivity contribution in [2.75, 3.05) is 14.1 Å². The molecule has 0 fully saturated rings. The quantitative estimate of drug-likeness (QED) is 0.845. The van der Waals surface area contributed by atoms with Gasteiger partial charge in [0.1, 0.15) is 5.82 Å². The van der Waals surface area contributed by atoms with Crippen LogP contribution in [0, 0.1) is 11.3 Å². The van der Waals surface area contributed by atoms with E-state index in [1.54, 1.807) is 5.01 Å². The molecule has 6 heteroatoms. The highest BCUT2D eigenvalue weighted by atomic mass is 79.9. The van der Waals surface area contributed by atoms with Gasteiger partial charge in [-0.1, -0.05) is 28.1 Å². The first-order valence-electron chi connectivity index (χ1n) is 7.84. The predicted octanol–water partition coefficient (Wildman–Crippen LogP) is 3.03. The SMILES string of the molecule is CN(C)N1C(N)=C(C#N)[C@H](c2ccc(Br)cc2)C2=C1CCCC2=O. The Morgan fingerprint density at radius 3 is 2.54 bits per heavy atom. The lowest BCUT2D eigenvalue weighted by atomic mass is 9.76. The number of halogens is 1. The van der Waals surface area contributed by atoms with Crippen molar-refractivity contribution in [3.05, 3.63) is 57.0 Å². The second-order valence-corrected chi connectivity index (χ2v) is 7.11. The van der Waals surface area contributed by atoms with Crippen molar-refractivity contribution in [1.82, 2.24) is 10.0 Å². The number of hydrogen-bond acceptors (Lipinski definition) is 5. The maximum atomic E-state index is 12.7. The molecule has 124 valence electrons. The Hall–Kier alpha value is -2.10. The number of ketones is 1. The lowest BCUT2D eigenvalue weighted by Gasteiger charge is -2.42. The average molecular weight is 387 g/mol. The second kappa shape index (κ2) is 6.42. The van der Waals surface area contributed by atoms with Crippen molar-refractivity contribution in [3.8, 4) is 6.07 Å². The Kier molecular flexibility index (Phi) is 4.48. The number of nitrogens with two attached hydrogens (primary N) is 1.